The first-order valence-corrected chi connectivity index (χ1v) is 4.13. The maximum absolute atomic E-state index is 8.54. The molecular formula is LaO3Zr. The summed E-state index contributed by atoms with van der Waals surface area (Å²) in [4.78, 5) is 0. The van der Waals surface area contributed by atoms with Crippen LogP contribution in [-0.4, -0.2) is 0 Å². The molecule has 0 aromatic carbocycles. The second-order valence-corrected chi connectivity index (χ2v) is 0.493. The van der Waals surface area contributed by atoms with Crippen molar-refractivity contribution in [1.29, 1.82) is 0 Å². The van der Waals surface area contributed by atoms with Gasteiger partial charge in [-0.2, -0.15) is 0 Å². The first kappa shape index (κ1) is 9.69. The number of hydrogen-bond acceptors (Lipinski definition) is 3. The predicted octanol–water partition coefficient (Wildman–Crippen LogP) is -0.359. The van der Waals surface area contributed by atoms with Gasteiger partial charge in [-0.15, -0.1) is 0 Å². The third-order valence-corrected chi connectivity index (χ3v) is 0. The van der Waals surface area contributed by atoms with Crippen LogP contribution in [0, 0.1) is 33.8 Å². The first-order valence-electron chi connectivity index (χ1n) is 0.644. The molecule has 0 aliphatic rings. The van der Waals surface area contributed by atoms with Gasteiger partial charge in [-0.25, -0.2) is 0 Å². The summed E-state index contributed by atoms with van der Waals surface area (Å²) in [5.41, 5.74) is 0. The Hall–Kier alpha value is 1.48. The van der Waals surface area contributed by atoms with E-state index >= 15 is 0 Å². The summed E-state index contributed by atoms with van der Waals surface area (Å²) in [6.45, 7) is 0. The van der Waals surface area contributed by atoms with Crippen LogP contribution in [0.15, 0.2) is 0 Å². The van der Waals surface area contributed by atoms with E-state index in [2.05, 4.69) is 0 Å². The molecular weight excluding hydrogens is 278 g/mol. The molecule has 0 bridgehead atoms. The van der Waals surface area contributed by atoms with Crippen molar-refractivity contribution >= 4 is 0 Å². The minimum absolute atomic E-state index is 0.0833. The van der Waals surface area contributed by atoms with Gasteiger partial charge in [0.15, 0.2) is 0 Å². The quantitative estimate of drug-likeness (QED) is 0.608. The molecule has 0 saturated carbocycles. The average Bonchev–Trinajstić information content (AvgIpc) is 1.46. The summed E-state index contributed by atoms with van der Waals surface area (Å²) in [7, 11) is 0. The molecule has 25 valence electrons. The Morgan fingerprint density at radius 1 is 1.20 bits per heavy atom. The molecule has 0 saturated heterocycles. The van der Waals surface area contributed by atoms with Crippen LogP contribution in [0.2, 0.25) is 0 Å². The Kier molecular flexibility index (Phi) is 34.7. The van der Waals surface area contributed by atoms with E-state index in [9.17, 15) is 0 Å². The van der Waals surface area contributed by atoms with Crippen molar-refractivity contribution in [1.82, 2.24) is 0 Å². The summed E-state index contributed by atoms with van der Waals surface area (Å²) in [5, 5.41) is 0. The molecule has 0 radical (unpaired) electrons. The number of hydrogen-bond donors (Lipinski definition) is 0. The molecule has 0 amide bonds. The summed E-state index contributed by atoms with van der Waals surface area (Å²) >= 11 is -2.35. The predicted molar refractivity (Wildman–Crippen MR) is 2.06 cm³/mol. The fourth-order valence-electron chi connectivity index (χ4n) is 0. The van der Waals surface area contributed by atoms with Gasteiger partial charge in [0.1, 0.15) is 0 Å². The molecule has 0 aromatic heterocycles. The van der Waals surface area contributed by atoms with Crippen LogP contribution in [0.25, 0.3) is 0 Å². The van der Waals surface area contributed by atoms with Gasteiger partial charge in [-0.05, 0) is 0 Å². The van der Waals surface area contributed by atoms with Crippen LogP contribution in [0.4, 0.5) is 0 Å². The third kappa shape index (κ3) is 30.3. The molecule has 0 spiro atoms. The summed E-state index contributed by atoms with van der Waals surface area (Å²) < 4.78 is 25.5. The van der Waals surface area contributed by atoms with E-state index in [-0.39, 0.29) is 33.8 Å². The summed E-state index contributed by atoms with van der Waals surface area (Å²) in [5.74, 6) is 0. The van der Waals surface area contributed by atoms with Gasteiger partial charge in [0.25, 0.3) is 0 Å². The van der Waals surface area contributed by atoms with E-state index in [0.717, 1.165) is 0 Å². The monoisotopic (exact) mass is 277 g/mol. The minimum atomic E-state index is -2.27. The molecule has 0 atom stereocenters. The zero-order valence-corrected chi connectivity index (χ0v) is 8.39. The second kappa shape index (κ2) is 17.9. The Morgan fingerprint density at radius 2 is 1.20 bits per heavy atom. The van der Waals surface area contributed by atoms with Crippen molar-refractivity contribution < 1.29 is 64.4 Å². The van der Waals surface area contributed by atoms with E-state index < -0.39 is 23.2 Å². The normalized spacial score (nSPS) is 2.80. The van der Waals surface area contributed by atoms with Crippen LogP contribution in [0.5, 0.6) is 0 Å². The van der Waals surface area contributed by atoms with Crippen molar-refractivity contribution in [3.63, 3.8) is 0 Å². The Labute approximate surface area is 63.3 Å². The van der Waals surface area contributed by atoms with Gasteiger partial charge >= 0.3 is 64.4 Å². The molecule has 0 unspecified atom stereocenters. The van der Waals surface area contributed by atoms with Gasteiger partial charge in [0.2, 0.25) is 0 Å². The van der Waals surface area contributed by atoms with Crippen molar-refractivity contribution in [2.24, 2.45) is 0 Å². The Bertz CT molecular complexity index is 36.2. The van der Waals surface area contributed by atoms with Gasteiger partial charge in [0, 0.05) is 0 Å². The average molecular weight is 278 g/mol. The molecule has 5 heavy (non-hydrogen) atoms. The fraction of sp³-hybridized carbons (Fsp3) is 0. The molecule has 0 aliphatic carbocycles. The van der Waals surface area contributed by atoms with Crippen LogP contribution < -0.4 is 0 Å². The van der Waals surface area contributed by atoms with Gasteiger partial charge in [0.05, 0.1) is 0 Å². The van der Waals surface area contributed by atoms with Crippen LogP contribution in [-0.2, 0) is 30.6 Å². The summed E-state index contributed by atoms with van der Waals surface area (Å²) in [6.07, 6.45) is 0. The summed E-state index contributed by atoms with van der Waals surface area (Å²) in [6, 6.07) is 0. The standard InChI is InChI=1S/La.3O.Zr. The SMILES string of the molecule is [O]=[La].[O]=[Zr]=[O]. The molecule has 0 fully saturated rings. The van der Waals surface area contributed by atoms with Crippen LogP contribution in [0.1, 0.15) is 0 Å². The van der Waals surface area contributed by atoms with Crippen molar-refractivity contribution in [3.05, 3.63) is 0 Å². The molecule has 0 heterocycles. The molecule has 0 aromatic rings. The fourth-order valence-corrected chi connectivity index (χ4v) is 0. The Balaban J connectivity index is 0. The van der Waals surface area contributed by atoms with Crippen molar-refractivity contribution in [3.8, 4) is 0 Å². The van der Waals surface area contributed by atoms with Crippen molar-refractivity contribution in [2.75, 3.05) is 0 Å². The molecule has 5 heteroatoms. The molecule has 0 rings (SSSR count). The van der Waals surface area contributed by atoms with Gasteiger partial charge < -0.3 is 0 Å². The maximum atomic E-state index is 8.54. The van der Waals surface area contributed by atoms with Crippen molar-refractivity contribution in [2.45, 2.75) is 0 Å². The van der Waals surface area contributed by atoms with E-state index in [0.29, 0.717) is 0 Å². The third-order valence-electron chi connectivity index (χ3n) is 0. The van der Waals surface area contributed by atoms with E-state index in [1.54, 1.807) is 0 Å². The second-order valence-electron chi connectivity index (χ2n) is 0.0833. The van der Waals surface area contributed by atoms with Gasteiger partial charge in [-0.3, -0.25) is 0 Å². The van der Waals surface area contributed by atoms with E-state index in [1.165, 1.54) is 0 Å². The molecule has 3 nitrogen and oxygen atoms in total. The first-order chi connectivity index (χ1) is 2.41. The molecule has 0 aliphatic heterocycles. The van der Waals surface area contributed by atoms with Crippen LogP contribution in [0.3, 0.4) is 0 Å². The zero-order chi connectivity index (χ0) is 4.71. The zero-order valence-electron chi connectivity index (χ0n) is 2.30. The van der Waals surface area contributed by atoms with E-state index in [4.69, 9.17) is 7.32 Å². The topological polar surface area (TPSA) is 51.2 Å². The van der Waals surface area contributed by atoms with Gasteiger partial charge in [-0.1, -0.05) is 0 Å². The molecule has 0 N–H and O–H groups in total. The van der Waals surface area contributed by atoms with E-state index in [1.807, 2.05) is 0 Å². The van der Waals surface area contributed by atoms with Crippen LogP contribution >= 0.6 is 0 Å². The number of rotatable bonds is 0. The Morgan fingerprint density at radius 3 is 1.20 bits per heavy atom.